The van der Waals surface area contributed by atoms with E-state index in [-0.39, 0.29) is 18.3 Å². The van der Waals surface area contributed by atoms with Crippen molar-refractivity contribution in [1.82, 2.24) is 5.43 Å². The third-order valence-electron chi connectivity index (χ3n) is 2.88. The highest BCUT2D eigenvalue weighted by atomic mass is 16.5. The number of hydrogen-bond acceptors (Lipinski definition) is 5. The highest BCUT2D eigenvalue weighted by Gasteiger charge is 2.23. The average Bonchev–Trinajstić information content (AvgIpc) is 2.78. The maximum Gasteiger partial charge on any atom is 0.274 e. The zero-order chi connectivity index (χ0) is 13.8. The first kappa shape index (κ1) is 13.4. The Labute approximate surface area is 110 Å². The summed E-state index contributed by atoms with van der Waals surface area (Å²) in [7, 11) is 0. The number of nitrogens with two attached hydrogens (primary N) is 1. The van der Waals surface area contributed by atoms with Crippen molar-refractivity contribution in [2.75, 3.05) is 6.61 Å². The SMILES string of the molecule is CCCC(Oc1ccc2c(c1)OCC2=O)C(=O)NN. The minimum absolute atomic E-state index is 0.0497. The molecule has 1 aliphatic rings. The molecule has 1 aromatic rings. The normalized spacial score (nSPS) is 14.5. The summed E-state index contributed by atoms with van der Waals surface area (Å²) in [6.45, 7) is 2.01. The summed E-state index contributed by atoms with van der Waals surface area (Å²) >= 11 is 0. The predicted octanol–water partition coefficient (Wildman–Crippen LogP) is 0.799. The van der Waals surface area contributed by atoms with Gasteiger partial charge in [-0.2, -0.15) is 0 Å². The molecule has 2 rings (SSSR count). The zero-order valence-corrected chi connectivity index (χ0v) is 10.6. The van der Waals surface area contributed by atoms with Crippen LogP contribution in [-0.2, 0) is 4.79 Å². The zero-order valence-electron chi connectivity index (χ0n) is 10.6. The Morgan fingerprint density at radius 1 is 1.58 bits per heavy atom. The number of amides is 1. The van der Waals surface area contributed by atoms with E-state index in [1.54, 1.807) is 18.2 Å². The summed E-state index contributed by atoms with van der Waals surface area (Å²) in [6, 6.07) is 4.91. The maximum absolute atomic E-state index is 11.5. The van der Waals surface area contributed by atoms with Gasteiger partial charge in [0.05, 0.1) is 5.56 Å². The molecule has 6 heteroatoms. The third kappa shape index (κ3) is 2.85. The molecule has 0 saturated carbocycles. The molecular formula is C13H16N2O4. The molecule has 3 N–H and O–H groups in total. The number of benzene rings is 1. The lowest BCUT2D eigenvalue weighted by molar-refractivity contribution is -0.128. The minimum atomic E-state index is -0.648. The largest absolute Gasteiger partial charge is 0.485 e. The van der Waals surface area contributed by atoms with E-state index < -0.39 is 6.10 Å². The van der Waals surface area contributed by atoms with Crippen molar-refractivity contribution in [3.05, 3.63) is 23.8 Å². The Bertz CT molecular complexity index is 501. The van der Waals surface area contributed by atoms with Gasteiger partial charge in [0, 0.05) is 6.07 Å². The van der Waals surface area contributed by atoms with Gasteiger partial charge in [0.15, 0.2) is 12.7 Å². The molecule has 0 radical (unpaired) electrons. The third-order valence-corrected chi connectivity index (χ3v) is 2.88. The summed E-state index contributed by atoms with van der Waals surface area (Å²) in [5.74, 6) is 5.66. The van der Waals surface area contributed by atoms with Gasteiger partial charge in [-0.1, -0.05) is 13.3 Å². The second-order valence-corrected chi connectivity index (χ2v) is 4.27. The molecule has 0 aliphatic carbocycles. The van der Waals surface area contributed by atoms with E-state index in [0.717, 1.165) is 6.42 Å². The number of hydrazine groups is 1. The molecule has 0 aromatic heterocycles. The van der Waals surface area contributed by atoms with Crippen molar-refractivity contribution in [2.24, 2.45) is 5.84 Å². The molecule has 6 nitrogen and oxygen atoms in total. The quantitative estimate of drug-likeness (QED) is 0.466. The van der Waals surface area contributed by atoms with Crippen molar-refractivity contribution >= 4 is 11.7 Å². The summed E-state index contributed by atoms with van der Waals surface area (Å²) < 4.78 is 10.8. The fraction of sp³-hybridized carbons (Fsp3) is 0.385. The molecule has 1 aliphatic heterocycles. The molecule has 1 atom stereocenters. The first-order valence-corrected chi connectivity index (χ1v) is 6.13. The summed E-state index contributed by atoms with van der Waals surface area (Å²) in [4.78, 5) is 23.0. The van der Waals surface area contributed by atoms with Crippen LogP contribution >= 0.6 is 0 Å². The number of ether oxygens (including phenoxy) is 2. The lowest BCUT2D eigenvalue weighted by Gasteiger charge is -2.17. The topological polar surface area (TPSA) is 90.6 Å². The Kier molecular flexibility index (Phi) is 4.01. The van der Waals surface area contributed by atoms with Crippen LogP contribution in [0.5, 0.6) is 11.5 Å². The standard InChI is InChI=1S/C13H16N2O4/c1-2-3-11(13(17)15-14)19-8-4-5-9-10(16)7-18-12(9)6-8/h4-6,11H,2-3,7,14H2,1H3,(H,15,17). The lowest BCUT2D eigenvalue weighted by Crippen LogP contribution is -2.42. The monoisotopic (exact) mass is 264 g/mol. The van der Waals surface area contributed by atoms with Crippen LogP contribution in [0.25, 0.3) is 0 Å². The first-order valence-electron chi connectivity index (χ1n) is 6.13. The molecule has 1 amide bonds. The van der Waals surface area contributed by atoms with Crippen LogP contribution in [0.2, 0.25) is 0 Å². The Balaban J connectivity index is 2.14. The smallest absolute Gasteiger partial charge is 0.274 e. The number of hydrogen-bond donors (Lipinski definition) is 2. The van der Waals surface area contributed by atoms with E-state index >= 15 is 0 Å². The van der Waals surface area contributed by atoms with E-state index in [9.17, 15) is 9.59 Å². The number of carbonyl (C=O) groups is 2. The molecule has 0 fully saturated rings. The lowest BCUT2D eigenvalue weighted by atomic mass is 10.1. The number of ketones is 1. The fourth-order valence-corrected chi connectivity index (χ4v) is 1.91. The van der Waals surface area contributed by atoms with Crippen molar-refractivity contribution in [3.8, 4) is 11.5 Å². The summed E-state index contributed by atoms with van der Waals surface area (Å²) in [5.41, 5.74) is 2.62. The van der Waals surface area contributed by atoms with Crippen molar-refractivity contribution in [2.45, 2.75) is 25.9 Å². The van der Waals surface area contributed by atoms with Gasteiger partial charge in [0.25, 0.3) is 5.91 Å². The molecule has 19 heavy (non-hydrogen) atoms. The second kappa shape index (κ2) is 5.71. The fourth-order valence-electron chi connectivity index (χ4n) is 1.91. The summed E-state index contributed by atoms with van der Waals surface area (Å²) in [6.07, 6.45) is 0.697. The van der Waals surface area contributed by atoms with Gasteiger partial charge in [0.2, 0.25) is 5.78 Å². The van der Waals surface area contributed by atoms with Crippen LogP contribution in [0.15, 0.2) is 18.2 Å². The first-order chi connectivity index (χ1) is 9.15. The van der Waals surface area contributed by atoms with Gasteiger partial charge < -0.3 is 9.47 Å². The van der Waals surface area contributed by atoms with Gasteiger partial charge in [-0.05, 0) is 18.6 Å². The molecular weight excluding hydrogens is 248 g/mol. The average molecular weight is 264 g/mol. The molecule has 0 bridgehead atoms. The van der Waals surface area contributed by atoms with E-state index in [4.69, 9.17) is 15.3 Å². The van der Waals surface area contributed by atoms with Gasteiger partial charge in [-0.25, -0.2) is 5.84 Å². The van der Waals surface area contributed by atoms with Gasteiger partial charge >= 0.3 is 0 Å². The molecule has 1 aromatic carbocycles. The molecule has 1 heterocycles. The molecule has 0 spiro atoms. The highest BCUT2D eigenvalue weighted by molar-refractivity contribution is 6.02. The van der Waals surface area contributed by atoms with Crippen molar-refractivity contribution in [3.63, 3.8) is 0 Å². The van der Waals surface area contributed by atoms with E-state index in [1.807, 2.05) is 6.92 Å². The van der Waals surface area contributed by atoms with Gasteiger partial charge in [0.1, 0.15) is 11.5 Å². The Morgan fingerprint density at radius 2 is 2.37 bits per heavy atom. The van der Waals surface area contributed by atoms with Crippen molar-refractivity contribution in [1.29, 1.82) is 0 Å². The number of Topliss-reactive ketones (excluding diaryl/α,β-unsaturated/α-hetero) is 1. The van der Waals surface area contributed by atoms with Crippen LogP contribution in [0.1, 0.15) is 30.1 Å². The van der Waals surface area contributed by atoms with E-state index in [1.165, 1.54) is 0 Å². The van der Waals surface area contributed by atoms with E-state index in [2.05, 4.69) is 5.43 Å². The molecule has 1 unspecified atom stereocenters. The van der Waals surface area contributed by atoms with Crippen LogP contribution in [0, 0.1) is 0 Å². The van der Waals surface area contributed by atoms with Crippen molar-refractivity contribution < 1.29 is 19.1 Å². The number of nitrogens with one attached hydrogen (secondary N) is 1. The number of rotatable bonds is 5. The Hall–Kier alpha value is -2.08. The number of fused-ring (bicyclic) bond motifs is 1. The van der Waals surface area contributed by atoms with Crippen LogP contribution < -0.4 is 20.7 Å². The van der Waals surface area contributed by atoms with Crippen LogP contribution in [0.3, 0.4) is 0 Å². The number of carbonyl (C=O) groups excluding carboxylic acids is 2. The van der Waals surface area contributed by atoms with Crippen LogP contribution in [0.4, 0.5) is 0 Å². The second-order valence-electron chi connectivity index (χ2n) is 4.27. The molecule has 102 valence electrons. The predicted molar refractivity (Wildman–Crippen MR) is 67.9 cm³/mol. The summed E-state index contributed by atoms with van der Waals surface area (Å²) in [5, 5.41) is 0. The molecule has 0 saturated heterocycles. The van der Waals surface area contributed by atoms with Gasteiger partial charge in [-0.15, -0.1) is 0 Å². The Morgan fingerprint density at radius 3 is 3.05 bits per heavy atom. The highest BCUT2D eigenvalue weighted by Crippen LogP contribution is 2.30. The van der Waals surface area contributed by atoms with E-state index in [0.29, 0.717) is 23.5 Å². The minimum Gasteiger partial charge on any atom is -0.485 e. The van der Waals surface area contributed by atoms with Crippen LogP contribution in [-0.4, -0.2) is 24.4 Å². The maximum atomic E-state index is 11.5. The van der Waals surface area contributed by atoms with Gasteiger partial charge in [-0.3, -0.25) is 15.0 Å².